The highest BCUT2D eigenvalue weighted by Crippen LogP contribution is 2.48. The molecule has 0 saturated heterocycles. The van der Waals surface area contributed by atoms with Gasteiger partial charge in [0.1, 0.15) is 5.75 Å². The van der Waals surface area contributed by atoms with Crippen LogP contribution < -0.4 is 4.74 Å². The Kier molecular flexibility index (Phi) is 4.48. The minimum absolute atomic E-state index is 0.681. The first kappa shape index (κ1) is 19.8. The van der Waals surface area contributed by atoms with Crippen LogP contribution in [0.5, 0.6) is 5.75 Å². The van der Waals surface area contributed by atoms with Crippen LogP contribution in [-0.4, -0.2) is 0 Å². The molecule has 4 aromatic carbocycles. The van der Waals surface area contributed by atoms with E-state index in [9.17, 15) is 0 Å². The third-order valence-electron chi connectivity index (χ3n) is 6.60. The van der Waals surface area contributed by atoms with Crippen molar-refractivity contribution in [1.29, 1.82) is 0 Å². The van der Waals surface area contributed by atoms with Gasteiger partial charge >= 0.3 is 0 Å². The van der Waals surface area contributed by atoms with E-state index in [1.807, 2.05) is 11.3 Å². The zero-order chi connectivity index (χ0) is 22.5. The molecule has 6 aromatic rings. The molecule has 0 amide bonds. The Bertz CT molecular complexity index is 1690. The van der Waals surface area contributed by atoms with E-state index in [0.717, 1.165) is 16.9 Å². The van der Waals surface area contributed by atoms with Crippen LogP contribution >= 0.6 is 22.7 Å². The van der Waals surface area contributed by atoms with E-state index < -0.39 is 5.60 Å². The number of benzene rings is 4. The molecule has 0 fully saturated rings. The lowest BCUT2D eigenvalue weighted by Crippen LogP contribution is -2.33. The van der Waals surface area contributed by atoms with Gasteiger partial charge in [0.05, 0.1) is 4.88 Å². The fraction of sp³-hybridized carbons (Fsp3) is 0.0323. The second-order valence-corrected chi connectivity index (χ2v) is 10.6. The molecule has 1 aliphatic heterocycles. The van der Waals surface area contributed by atoms with Gasteiger partial charge in [0, 0.05) is 20.9 Å². The summed E-state index contributed by atoms with van der Waals surface area (Å²) in [5.41, 5.74) is 1.60. The first-order valence-corrected chi connectivity index (χ1v) is 13.0. The van der Waals surface area contributed by atoms with Crippen LogP contribution in [0.4, 0.5) is 0 Å². The Labute approximate surface area is 206 Å². The molecule has 0 bridgehead atoms. The zero-order valence-corrected chi connectivity index (χ0v) is 19.9. The molecule has 0 radical (unpaired) electrons. The average molecular weight is 473 g/mol. The van der Waals surface area contributed by atoms with Crippen molar-refractivity contribution in [3.63, 3.8) is 0 Å². The van der Waals surface area contributed by atoms with E-state index in [-0.39, 0.29) is 0 Å². The summed E-state index contributed by atoms with van der Waals surface area (Å²) in [6.07, 6.45) is 4.50. The molecule has 0 spiro atoms. The van der Waals surface area contributed by atoms with Crippen molar-refractivity contribution in [1.82, 2.24) is 0 Å². The summed E-state index contributed by atoms with van der Waals surface area (Å²) in [5.74, 6) is 0.917. The highest BCUT2D eigenvalue weighted by Gasteiger charge is 2.39. The highest BCUT2D eigenvalue weighted by molar-refractivity contribution is 7.21. The van der Waals surface area contributed by atoms with E-state index in [1.165, 1.54) is 36.2 Å². The molecule has 1 unspecified atom stereocenters. The number of rotatable bonds is 3. The third kappa shape index (κ3) is 3.05. The van der Waals surface area contributed by atoms with Crippen molar-refractivity contribution < 1.29 is 4.74 Å². The monoisotopic (exact) mass is 472 g/mol. The average Bonchev–Trinajstić information content (AvgIpc) is 3.61. The van der Waals surface area contributed by atoms with E-state index in [1.54, 1.807) is 11.3 Å². The van der Waals surface area contributed by atoms with Crippen molar-refractivity contribution in [2.24, 2.45) is 0 Å². The maximum Gasteiger partial charge on any atom is 0.187 e. The molecule has 3 heteroatoms. The SMILES string of the molecule is C1=CC(c2ccc3ccccc3c2)(c2ccc(-c3cccs3)s2)Oc2ccc3ccccc3c21. The molecule has 34 heavy (non-hydrogen) atoms. The van der Waals surface area contributed by atoms with Gasteiger partial charge in [-0.25, -0.2) is 0 Å². The van der Waals surface area contributed by atoms with Crippen LogP contribution in [0.25, 0.3) is 37.4 Å². The standard InChI is InChI=1S/C31H20OS2/c1-2-8-23-20-24(13-11-21(23)6-1)31(30-16-15-29(34-30)28-10-5-19-33-28)18-17-26-25-9-4-3-7-22(25)12-14-27(26)32-31/h1-20H. The van der Waals surface area contributed by atoms with Gasteiger partial charge in [-0.2, -0.15) is 0 Å². The van der Waals surface area contributed by atoms with Crippen molar-refractivity contribution in [2.75, 3.05) is 0 Å². The normalized spacial score (nSPS) is 17.1. The van der Waals surface area contributed by atoms with Crippen LogP contribution in [0.1, 0.15) is 16.0 Å². The summed E-state index contributed by atoms with van der Waals surface area (Å²) in [6.45, 7) is 0. The Morgan fingerprint density at radius 3 is 2.35 bits per heavy atom. The molecule has 162 valence electrons. The largest absolute Gasteiger partial charge is 0.472 e. The first-order chi connectivity index (χ1) is 16.8. The number of ether oxygens (including phenoxy) is 1. The maximum atomic E-state index is 7.01. The van der Waals surface area contributed by atoms with Crippen LogP contribution in [0.3, 0.4) is 0 Å². The number of hydrogen-bond donors (Lipinski definition) is 0. The van der Waals surface area contributed by atoms with Gasteiger partial charge in [-0.15, -0.1) is 22.7 Å². The molecule has 7 rings (SSSR count). The van der Waals surface area contributed by atoms with E-state index in [4.69, 9.17) is 4.74 Å². The minimum atomic E-state index is -0.681. The number of thiophene rings is 2. The number of fused-ring (bicyclic) bond motifs is 4. The van der Waals surface area contributed by atoms with Crippen molar-refractivity contribution >= 4 is 50.3 Å². The number of hydrogen-bond acceptors (Lipinski definition) is 3. The van der Waals surface area contributed by atoms with Crippen LogP contribution in [0.2, 0.25) is 0 Å². The lowest BCUT2D eigenvalue weighted by atomic mass is 9.86. The fourth-order valence-electron chi connectivity index (χ4n) is 4.88. The van der Waals surface area contributed by atoms with Gasteiger partial charge < -0.3 is 4.74 Å². The van der Waals surface area contributed by atoms with E-state index in [0.29, 0.717) is 0 Å². The van der Waals surface area contributed by atoms with E-state index in [2.05, 4.69) is 121 Å². The van der Waals surface area contributed by atoms with Crippen molar-refractivity contribution in [3.05, 3.63) is 131 Å². The molecule has 1 nitrogen and oxygen atoms in total. The van der Waals surface area contributed by atoms with Gasteiger partial charge in [-0.3, -0.25) is 0 Å². The molecule has 0 aliphatic carbocycles. The zero-order valence-electron chi connectivity index (χ0n) is 18.3. The maximum absolute atomic E-state index is 7.01. The van der Waals surface area contributed by atoms with Crippen molar-refractivity contribution in [2.45, 2.75) is 5.60 Å². The summed E-state index contributed by atoms with van der Waals surface area (Å²) in [6, 6.07) is 36.7. The quantitative estimate of drug-likeness (QED) is 0.249. The summed E-state index contributed by atoms with van der Waals surface area (Å²) in [7, 11) is 0. The molecular weight excluding hydrogens is 452 g/mol. The first-order valence-electron chi connectivity index (χ1n) is 11.3. The Hall–Kier alpha value is -3.66. The smallest absolute Gasteiger partial charge is 0.187 e. The topological polar surface area (TPSA) is 9.23 Å². The lowest BCUT2D eigenvalue weighted by molar-refractivity contribution is 0.165. The van der Waals surface area contributed by atoms with Crippen LogP contribution in [0, 0.1) is 0 Å². The summed E-state index contributed by atoms with van der Waals surface area (Å²) < 4.78 is 7.01. The van der Waals surface area contributed by atoms with Crippen LogP contribution in [0.15, 0.2) is 115 Å². The Balaban J connectivity index is 1.45. The second-order valence-electron chi connectivity index (χ2n) is 8.57. The Morgan fingerprint density at radius 1 is 0.647 bits per heavy atom. The molecule has 2 aromatic heterocycles. The third-order valence-corrected chi connectivity index (χ3v) is 8.87. The summed E-state index contributed by atoms with van der Waals surface area (Å²) in [4.78, 5) is 3.74. The molecule has 0 saturated carbocycles. The van der Waals surface area contributed by atoms with Gasteiger partial charge in [0.15, 0.2) is 5.60 Å². The van der Waals surface area contributed by atoms with Gasteiger partial charge in [-0.1, -0.05) is 72.8 Å². The fourth-order valence-corrected chi connectivity index (χ4v) is 6.85. The molecule has 0 N–H and O–H groups in total. The second kappa shape index (κ2) is 7.69. The van der Waals surface area contributed by atoms with Crippen molar-refractivity contribution in [3.8, 4) is 15.5 Å². The summed E-state index contributed by atoms with van der Waals surface area (Å²) >= 11 is 3.58. The summed E-state index contributed by atoms with van der Waals surface area (Å²) in [5, 5.41) is 7.03. The van der Waals surface area contributed by atoms with Gasteiger partial charge in [0.2, 0.25) is 0 Å². The van der Waals surface area contributed by atoms with E-state index >= 15 is 0 Å². The van der Waals surface area contributed by atoms with Gasteiger partial charge in [0.25, 0.3) is 0 Å². The molecular formula is C31H20OS2. The minimum Gasteiger partial charge on any atom is -0.472 e. The van der Waals surface area contributed by atoms with Gasteiger partial charge in [-0.05, 0) is 69.4 Å². The van der Waals surface area contributed by atoms with Crippen LogP contribution in [-0.2, 0) is 5.60 Å². The lowest BCUT2D eigenvalue weighted by Gasteiger charge is -2.35. The predicted octanol–water partition coefficient (Wildman–Crippen LogP) is 9.13. The predicted molar refractivity (Wildman–Crippen MR) is 146 cm³/mol. The molecule has 3 heterocycles. The molecule has 1 atom stereocenters. The molecule has 1 aliphatic rings. The highest BCUT2D eigenvalue weighted by atomic mass is 32.1. The Morgan fingerprint density at radius 2 is 1.47 bits per heavy atom.